The Bertz CT molecular complexity index is 879. The smallest absolute Gasteiger partial charge is 0.435 e. The summed E-state index contributed by atoms with van der Waals surface area (Å²) in [6, 6.07) is 10.2. The second kappa shape index (κ2) is 6.12. The van der Waals surface area contributed by atoms with Crippen LogP contribution in [-0.2, 0) is 6.18 Å². The molecule has 0 N–H and O–H groups in total. The van der Waals surface area contributed by atoms with Gasteiger partial charge in [0.15, 0.2) is 11.5 Å². The van der Waals surface area contributed by atoms with Gasteiger partial charge in [-0.2, -0.15) is 18.3 Å². The quantitative estimate of drug-likeness (QED) is 0.722. The van der Waals surface area contributed by atoms with E-state index in [2.05, 4.69) is 5.10 Å². The van der Waals surface area contributed by atoms with Crippen molar-refractivity contribution >= 4 is 5.91 Å². The van der Waals surface area contributed by atoms with Crippen LogP contribution < -0.4 is 0 Å². The van der Waals surface area contributed by atoms with Crippen LogP contribution in [-0.4, -0.2) is 34.7 Å². The minimum atomic E-state index is -4.58. The number of hydrogen-bond acceptors (Lipinski definition) is 3. The van der Waals surface area contributed by atoms with Gasteiger partial charge in [0.05, 0.1) is 12.0 Å². The maximum absolute atomic E-state index is 13.0. The lowest BCUT2D eigenvalue weighted by Crippen LogP contribution is -2.21. The highest BCUT2D eigenvalue weighted by molar-refractivity contribution is 5.94. The second-order valence-corrected chi connectivity index (χ2v) is 5.55. The Morgan fingerprint density at radius 1 is 1.16 bits per heavy atom. The van der Waals surface area contributed by atoms with Crippen molar-refractivity contribution in [3.05, 3.63) is 60.0 Å². The lowest BCUT2D eigenvalue weighted by Gasteiger charge is -2.11. The number of benzene rings is 1. The van der Waals surface area contributed by atoms with E-state index < -0.39 is 11.9 Å². The maximum atomic E-state index is 13.0. The number of halogens is 3. The van der Waals surface area contributed by atoms with E-state index >= 15 is 0 Å². The van der Waals surface area contributed by atoms with Gasteiger partial charge >= 0.3 is 6.18 Å². The molecule has 0 spiro atoms. The molecule has 0 radical (unpaired) electrons. The Morgan fingerprint density at radius 3 is 2.36 bits per heavy atom. The van der Waals surface area contributed by atoms with Crippen LogP contribution in [0, 0.1) is 0 Å². The fourth-order valence-electron chi connectivity index (χ4n) is 2.32. The fourth-order valence-corrected chi connectivity index (χ4v) is 2.32. The van der Waals surface area contributed by atoms with Gasteiger partial charge in [-0.05, 0) is 36.4 Å². The molecule has 0 atom stereocenters. The molecule has 0 aliphatic rings. The van der Waals surface area contributed by atoms with Crippen molar-refractivity contribution in [2.45, 2.75) is 6.18 Å². The number of amides is 1. The minimum absolute atomic E-state index is 0.170. The van der Waals surface area contributed by atoms with Gasteiger partial charge in [0, 0.05) is 25.7 Å². The lowest BCUT2D eigenvalue weighted by atomic mass is 10.2. The van der Waals surface area contributed by atoms with Crippen LogP contribution in [0.4, 0.5) is 13.2 Å². The van der Waals surface area contributed by atoms with Gasteiger partial charge in [0.1, 0.15) is 5.69 Å². The van der Waals surface area contributed by atoms with E-state index in [0.717, 1.165) is 10.7 Å². The number of aromatic nitrogens is 2. The first-order valence-corrected chi connectivity index (χ1v) is 7.30. The number of carbonyl (C=O) groups is 1. The van der Waals surface area contributed by atoms with Gasteiger partial charge in [-0.25, -0.2) is 4.68 Å². The zero-order valence-electron chi connectivity index (χ0n) is 13.4. The van der Waals surface area contributed by atoms with Crippen molar-refractivity contribution < 1.29 is 22.4 Å². The Labute approximate surface area is 141 Å². The molecule has 130 valence electrons. The molecule has 0 unspecified atom stereocenters. The number of rotatable bonds is 3. The van der Waals surface area contributed by atoms with E-state index in [9.17, 15) is 18.0 Å². The average molecular weight is 349 g/mol. The van der Waals surface area contributed by atoms with Gasteiger partial charge in [-0.1, -0.05) is 0 Å². The lowest BCUT2D eigenvalue weighted by molar-refractivity contribution is -0.141. The maximum Gasteiger partial charge on any atom is 0.435 e. The van der Waals surface area contributed by atoms with Crippen molar-refractivity contribution in [3.8, 4) is 17.1 Å². The highest BCUT2D eigenvalue weighted by Crippen LogP contribution is 2.33. The first kappa shape index (κ1) is 16.8. The third-order valence-electron chi connectivity index (χ3n) is 3.54. The van der Waals surface area contributed by atoms with Crippen LogP contribution in [0.25, 0.3) is 17.1 Å². The van der Waals surface area contributed by atoms with Crippen molar-refractivity contribution in [2.24, 2.45) is 0 Å². The van der Waals surface area contributed by atoms with E-state index in [1.807, 2.05) is 0 Å². The summed E-state index contributed by atoms with van der Waals surface area (Å²) in [7, 11) is 3.24. The van der Waals surface area contributed by atoms with E-state index in [1.165, 1.54) is 23.3 Å². The van der Waals surface area contributed by atoms with E-state index in [-0.39, 0.29) is 17.4 Å². The van der Waals surface area contributed by atoms with Crippen molar-refractivity contribution in [1.29, 1.82) is 0 Å². The van der Waals surface area contributed by atoms with E-state index in [1.54, 1.807) is 38.4 Å². The number of furan rings is 1. The van der Waals surface area contributed by atoms with Gasteiger partial charge in [0.2, 0.25) is 0 Å². The molecule has 25 heavy (non-hydrogen) atoms. The second-order valence-electron chi connectivity index (χ2n) is 5.55. The van der Waals surface area contributed by atoms with Gasteiger partial charge in [-0.3, -0.25) is 4.79 Å². The topological polar surface area (TPSA) is 51.3 Å². The number of carbonyl (C=O) groups excluding carboxylic acids is 1. The highest BCUT2D eigenvalue weighted by Gasteiger charge is 2.35. The van der Waals surface area contributed by atoms with Crippen LogP contribution in [0.15, 0.2) is 53.1 Å². The van der Waals surface area contributed by atoms with Crippen LogP contribution in [0.1, 0.15) is 16.1 Å². The predicted molar refractivity (Wildman–Crippen MR) is 84.3 cm³/mol. The molecule has 0 fully saturated rings. The van der Waals surface area contributed by atoms with Crippen molar-refractivity contribution in [3.63, 3.8) is 0 Å². The molecule has 0 aliphatic carbocycles. The van der Waals surface area contributed by atoms with Crippen molar-refractivity contribution in [2.75, 3.05) is 14.1 Å². The molecular weight excluding hydrogens is 335 g/mol. The summed E-state index contributed by atoms with van der Waals surface area (Å²) < 4.78 is 45.5. The van der Waals surface area contributed by atoms with Gasteiger partial charge in [0.25, 0.3) is 5.91 Å². The minimum Gasteiger partial charge on any atom is -0.463 e. The van der Waals surface area contributed by atoms with Crippen molar-refractivity contribution in [1.82, 2.24) is 14.7 Å². The molecule has 1 aromatic carbocycles. The SMILES string of the molecule is CN(C)C(=O)c1ccc(-n2nc(C(F)(F)F)cc2-c2ccco2)cc1. The third-order valence-corrected chi connectivity index (χ3v) is 3.54. The monoisotopic (exact) mass is 349 g/mol. The molecule has 8 heteroatoms. The predicted octanol–water partition coefficient (Wildman–Crippen LogP) is 3.85. The summed E-state index contributed by atoms with van der Waals surface area (Å²) in [5.41, 5.74) is -0.0370. The van der Waals surface area contributed by atoms with E-state index in [4.69, 9.17) is 4.42 Å². The van der Waals surface area contributed by atoms with Crippen LogP contribution in [0.3, 0.4) is 0 Å². The molecule has 3 aromatic rings. The Hall–Kier alpha value is -3.03. The zero-order valence-corrected chi connectivity index (χ0v) is 13.4. The molecule has 2 heterocycles. The Morgan fingerprint density at radius 2 is 1.84 bits per heavy atom. The zero-order chi connectivity index (χ0) is 18.2. The largest absolute Gasteiger partial charge is 0.463 e. The summed E-state index contributed by atoms with van der Waals surface area (Å²) in [4.78, 5) is 13.3. The van der Waals surface area contributed by atoms with Gasteiger partial charge in [-0.15, -0.1) is 0 Å². The molecular formula is C17H14F3N3O2. The molecule has 3 rings (SSSR count). The van der Waals surface area contributed by atoms with E-state index in [0.29, 0.717) is 11.3 Å². The summed E-state index contributed by atoms with van der Waals surface area (Å²) in [5, 5.41) is 3.65. The average Bonchev–Trinajstić information content (AvgIpc) is 3.22. The van der Waals surface area contributed by atoms with Crippen LogP contribution in [0.5, 0.6) is 0 Å². The highest BCUT2D eigenvalue weighted by atomic mass is 19.4. The summed E-state index contributed by atoms with van der Waals surface area (Å²) in [6.07, 6.45) is -3.20. The standard InChI is InChI=1S/C17H14F3N3O2/c1-22(2)16(24)11-5-7-12(8-6-11)23-13(14-4-3-9-25-14)10-15(21-23)17(18,19)20/h3-10H,1-2H3. The normalized spacial score (nSPS) is 11.6. The third kappa shape index (κ3) is 3.28. The molecule has 0 saturated heterocycles. The van der Waals surface area contributed by atoms with Crippen LogP contribution in [0.2, 0.25) is 0 Å². The van der Waals surface area contributed by atoms with Gasteiger partial charge < -0.3 is 9.32 Å². The number of hydrogen-bond donors (Lipinski definition) is 0. The first-order chi connectivity index (χ1) is 11.8. The molecule has 2 aromatic heterocycles. The molecule has 0 bridgehead atoms. The number of nitrogens with zero attached hydrogens (tertiary/aromatic N) is 3. The Balaban J connectivity index is 2.07. The summed E-state index contributed by atoms with van der Waals surface area (Å²) >= 11 is 0. The van der Waals surface area contributed by atoms with Crippen LogP contribution >= 0.6 is 0 Å². The molecule has 5 nitrogen and oxygen atoms in total. The molecule has 0 saturated carbocycles. The number of alkyl halides is 3. The first-order valence-electron chi connectivity index (χ1n) is 7.30. The summed E-state index contributed by atoms with van der Waals surface area (Å²) in [5.74, 6) is 0.0608. The summed E-state index contributed by atoms with van der Waals surface area (Å²) in [6.45, 7) is 0. The molecule has 1 amide bonds. The fraction of sp³-hybridized carbons (Fsp3) is 0.176. The molecule has 0 aliphatic heterocycles. The Kier molecular flexibility index (Phi) is 4.12.